The average Bonchev–Trinajstić information content (AvgIpc) is 3.40. The maximum absolute atomic E-state index is 12.8. The number of carbonyl (C=O) groups is 1. The van der Waals surface area contributed by atoms with E-state index in [-0.39, 0.29) is 17.9 Å². The number of nitrogens with one attached hydrogen (secondary N) is 1. The minimum Gasteiger partial charge on any atom is -0.364 e. The van der Waals surface area contributed by atoms with Gasteiger partial charge in [0.1, 0.15) is 12.2 Å². The Morgan fingerprint density at radius 2 is 1.91 bits per heavy atom. The molecule has 1 saturated heterocycles. The number of fused-ring (bicyclic) bond motifs is 1. The number of amides is 1. The van der Waals surface area contributed by atoms with Crippen molar-refractivity contribution >= 4 is 22.9 Å². The summed E-state index contributed by atoms with van der Waals surface area (Å²) in [6.45, 7) is 3.70. The molecule has 1 atom stereocenters. The van der Waals surface area contributed by atoms with Crippen LogP contribution in [-0.2, 0) is 17.5 Å². The molecular formula is C20H21F3N8O. The Kier molecular flexibility index (Phi) is 4.94. The quantitative estimate of drug-likeness (QED) is 0.643. The smallest absolute Gasteiger partial charge is 0.364 e. The Bertz CT molecular complexity index is 1160. The van der Waals surface area contributed by atoms with E-state index in [0.717, 1.165) is 31.7 Å². The third-order valence-corrected chi connectivity index (χ3v) is 5.78. The molecule has 0 aromatic carbocycles. The predicted molar refractivity (Wildman–Crippen MR) is 108 cm³/mol. The van der Waals surface area contributed by atoms with Crippen LogP contribution in [0.15, 0.2) is 18.7 Å². The Hall–Kier alpha value is -3.31. The van der Waals surface area contributed by atoms with Gasteiger partial charge in [0.2, 0.25) is 11.7 Å². The van der Waals surface area contributed by atoms with Crippen molar-refractivity contribution in [2.45, 2.75) is 44.9 Å². The lowest BCUT2D eigenvalue weighted by Crippen LogP contribution is -2.32. The van der Waals surface area contributed by atoms with Crippen LogP contribution in [-0.4, -0.2) is 59.4 Å². The SMILES string of the molecule is CCn1c(-c2cnc(C(F)(F)F)nc2)nc2c(N[C@H]3CCN(C(=O)C4CC4)C3)ncnc21. The second kappa shape index (κ2) is 7.68. The molecule has 1 aliphatic carbocycles. The Labute approximate surface area is 181 Å². The molecule has 3 aromatic heterocycles. The van der Waals surface area contributed by atoms with E-state index in [1.54, 1.807) is 4.57 Å². The molecule has 32 heavy (non-hydrogen) atoms. The topological polar surface area (TPSA) is 102 Å². The molecule has 1 N–H and O–H groups in total. The van der Waals surface area contributed by atoms with E-state index in [4.69, 9.17) is 0 Å². The molecular weight excluding hydrogens is 425 g/mol. The summed E-state index contributed by atoms with van der Waals surface area (Å²) in [6.07, 6.45) is 1.80. The van der Waals surface area contributed by atoms with E-state index in [0.29, 0.717) is 48.0 Å². The average molecular weight is 446 g/mol. The number of likely N-dealkylation sites (tertiary alicyclic amines) is 1. The van der Waals surface area contributed by atoms with Crippen LogP contribution in [0.3, 0.4) is 0 Å². The number of nitrogens with zero attached hydrogens (tertiary/aromatic N) is 7. The molecule has 0 bridgehead atoms. The third-order valence-electron chi connectivity index (χ3n) is 5.78. The summed E-state index contributed by atoms with van der Waals surface area (Å²) in [4.78, 5) is 34.4. The van der Waals surface area contributed by atoms with Crippen molar-refractivity contribution in [1.29, 1.82) is 0 Å². The number of halogens is 3. The normalized spacial score (nSPS) is 19.0. The van der Waals surface area contributed by atoms with Crippen LogP contribution in [0.2, 0.25) is 0 Å². The van der Waals surface area contributed by atoms with Gasteiger partial charge in [-0.3, -0.25) is 4.79 Å². The van der Waals surface area contributed by atoms with Crippen LogP contribution >= 0.6 is 0 Å². The first kappa shape index (κ1) is 20.6. The molecule has 2 aliphatic rings. The monoisotopic (exact) mass is 446 g/mol. The fourth-order valence-electron chi connectivity index (χ4n) is 4.01. The number of rotatable bonds is 5. The van der Waals surface area contributed by atoms with E-state index in [2.05, 4.69) is 30.2 Å². The van der Waals surface area contributed by atoms with E-state index in [1.165, 1.54) is 6.33 Å². The van der Waals surface area contributed by atoms with Crippen LogP contribution < -0.4 is 5.32 Å². The van der Waals surface area contributed by atoms with Crippen LogP contribution in [0.4, 0.5) is 19.0 Å². The zero-order valence-corrected chi connectivity index (χ0v) is 17.3. The molecule has 1 amide bonds. The third kappa shape index (κ3) is 3.73. The van der Waals surface area contributed by atoms with Gasteiger partial charge in [0.25, 0.3) is 0 Å². The van der Waals surface area contributed by atoms with Gasteiger partial charge in [-0.05, 0) is 26.2 Å². The van der Waals surface area contributed by atoms with Crippen molar-refractivity contribution in [3.05, 3.63) is 24.5 Å². The number of aryl methyl sites for hydroxylation is 1. The molecule has 1 aliphatic heterocycles. The Morgan fingerprint density at radius 1 is 1.16 bits per heavy atom. The lowest BCUT2D eigenvalue weighted by molar-refractivity contribution is -0.145. The standard InChI is InChI=1S/C20H21F3N8O/c1-2-31-16(12-7-24-19(25-8-12)20(21,22)23)29-14-15(26-10-27-17(14)31)28-13-5-6-30(9-13)18(32)11-3-4-11/h7-8,10-11,13H,2-6,9H2,1H3,(H,26,27,28)/t13-/m0/s1. The highest BCUT2D eigenvalue weighted by Gasteiger charge is 2.37. The second-order valence-electron chi connectivity index (χ2n) is 8.06. The zero-order valence-electron chi connectivity index (χ0n) is 17.3. The molecule has 4 heterocycles. The van der Waals surface area contributed by atoms with Crippen LogP contribution in [0.5, 0.6) is 0 Å². The van der Waals surface area contributed by atoms with Gasteiger partial charge in [-0.1, -0.05) is 0 Å². The van der Waals surface area contributed by atoms with Gasteiger partial charge in [-0.2, -0.15) is 13.2 Å². The Balaban J connectivity index is 1.43. The van der Waals surface area contributed by atoms with Crippen LogP contribution in [0.25, 0.3) is 22.6 Å². The number of carbonyl (C=O) groups excluding carboxylic acids is 1. The highest BCUT2D eigenvalue weighted by Crippen LogP contribution is 2.33. The van der Waals surface area contributed by atoms with E-state index in [1.807, 2.05) is 11.8 Å². The molecule has 5 rings (SSSR count). The summed E-state index contributed by atoms with van der Waals surface area (Å²) in [5.41, 5.74) is 1.42. The molecule has 0 unspecified atom stereocenters. The van der Waals surface area contributed by atoms with E-state index >= 15 is 0 Å². The van der Waals surface area contributed by atoms with Crippen LogP contribution in [0, 0.1) is 5.92 Å². The van der Waals surface area contributed by atoms with Gasteiger partial charge in [0.05, 0.1) is 5.56 Å². The molecule has 168 valence electrons. The van der Waals surface area contributed by atoms with Crippen LogP contribution in [0.1, 0.15) is 32.0 Å². The van der Waals surface area contributed by atoms with Gasteiger partial charge in [0, 0.05) is 44.0 Å². The summed E-state index contributed by atoms with van der Waals surface area (Å²) >= 11 is 0. The highest BCUT2D eigenvalue weighted by molar-refractivity contribution is 5.86. The first-order chi connectivity index (χ1) is 15.3. The number of hydrogen-bond donors (Lipinski definition) is 1. The van der Waals surface area contributed by atoms with Crippen molar-refractivity contribution < 1.29 is 18.0 Å². The predicted octanol–water partition coefficient (Wildman–Crippen LogP) is 2.74. The van der Waals surface area contributed by atoms with Gasteiger partial charge in [-0.15, -0.1) is 0 Å². The van der Waals surface area contributed by atoms with E-state index < -0.39 is 12.0 Å². The minimum absolute atomic E-state index is 0.0421. The molecule has 2 fully saturated rings. The largest absolute Gasteiger partial charge is 0.451 e. The van der Waals surface area contributed by atoms with Gasteiger partial charge in [0.15, 0.2) is 17.0 Å². The van der Waals surface area contributed by atoms with Crippen molar-refractivity contribution in [2.24, 2.45) is 5.92 Å². The zero-order chi connectivity index (χ0) is 22.5. The molecule has 9 nitrogen and oxygen atoms in total. The summed E-state index contributed by atoms with van der Waals surface area (Å²) in [7, 11) is 0. The molecule has 0 radical (unpaired) electrons. The number of anilines is 1. The fraction of sp³-hybridized carbons (Fsp3) is 0.500. The molecule has 3 aromatic rings. The van der Waals surface area contributed by atoms with Crippen molar-refractivity contribution in [2.75, 3.05) is 18.4 Å². The molecule has 1 saturated carbocycles. The van der Waals surface area contributed by atoms with E-state index in [9.17, 15) is 18.0 Å². The number of hydrogen-bond acceptors (Lipinski definition) is 7. The Morgan fingerprint density at radius 3 is 2.56 bits per heavy atom. The maximum atomic E-state index is 12.8. The lowest BCUT2D eigenvalue weighted by Gasteiger charge is -2.17. The number of aromatic nitrogens is 6. The summed E-state index contributed by atoms with van der Waals surface area (Å²) in [5.74, 6) is 0.156. The second-order valence-corrected chi connectivity index (χ2v) is 8.06. The van der Waals surface area contributed by atoms with Crippen molar-refractivity contribution in [3.63, 3.8) is 0 Å². The van der Waals surface area contributed by atoms with Crippen molar-refractivity contribution in [1.82, 2.24) is 34.4 Å². The highest BCUT2D eigenvalue weighted by atomic mass is 19.4. The maximum Gasteiger partial charge on any atom is 0.451 e. The molecule has 12 heteroatoms. The minimum atomic E-state index is -4.61. The summed E-state index contributed by atoms with van der Waals surface area (Å²) in [5, 5.41) is 3.37. The fourth-order valence-corrected chi connectivity index (χ4v) is 4.01. The summed E-state index contributed by atoms with van der Waals surface area (Å²) < 4.78 is 40.2. The number of alkyl halides is 3. The number of imidazole rings is 1. The van der Waals surface area contributed by atoms with Gasteiger partial charge >= 0.3 is 6.18 Å². The first-order valence-corrected chi connectivity index (χ1v) is 10.5. The van der Waals surface area contributed by atoms with Gasteiger partial charge < -0.3 is 14.8 Å². The van der Waals surface area contributed by atoms with Gasteiger partial charge in [-0.25, -0.2) is 24.9 Å². The lowest BCUT2D eigenvalue weighted by atomic mass is 10.2. The van der Waals surface area contributed by atoms with Crippen molar-refractivity contribution in [3.8, 4) is 11.4 Å². The molecule has 0 spiro atoms. The summed E-state index contributed by atoms with van der Waals surface area (Å²) in [6, 6.07) is 0.0421. The first-order valence-electron chi connectivity index (χ1n) is 10.5.